The second-order valence-corrected chi connectivity index (χ2v) is 11.7. The maximum atomic E-state index is 12.8. The number of para-hydroxylation sites is 1. The number of anilines is 1. The summed E-state index contributed by atoms with van der Waals surface area (Å²) in [5, 5.41) is 0. The minimum atomic E-state index is -0.704. The summed E-state index contributed by atoms with van der Waals surface area (Å²) in [5.74, 6) is -0.904. The molecule has 0 aromatic heterocycles. The number of rotatable bonds is 10. The molecule has 0 bridgehead atoms. The smallest absolute Gasteiger partial charge is 0.343 e. The summed E-state index contributed by atoms with van der Waals surface area (Å²) in [6.45, 7) is -0.334. The number of esters is 2. The number of ether oxygens (including phenoxy) is 3. The van der Waals surface area contributed by atoms with E-state index >= 15 is 0 Å². The third-order valence-electron chi connectivity index (χ3n) is 7.62. The standard InChI is InChI=1S/C38H28BrNO7/c39-29-14-10-27(11-15-29)38(44)47-32-18-12-26(13-19-32)34(41)24-45-37(43)28-22-36(42)40(23-28)30-16-20-31(21-17-30)46-35-9-5-4-8-33(35)25-6-2-1-3-7-25/h1-21,28H,22-24H2/t28-/m1/s1. The van der Waals surface area contributed by atoms with Crippen LogP contribution in [0, 0.1) is 5.92 Å². The largest absolute Gasteiger partial charge is 0.457 e. The van der Waals surface area contributed by atoms with Gasteiger partial charge in [0.15, 0.2) is 12.4 Å². The molecule has 5 aromatic carbocycles. The molecule has 1 aliphatic heterocycles. The van der Waals surface area contributed by atoms with Gasteiger partial charge in [-0.2, -0.15) is 0 Å². The molecule has 0 saturated carbocycles. The Morgan fingerprint density at radius 1 is 0.723 bits per heavy atom. The maximum Gasteiger partial charge on any atom is 0.343 e. The van der Waals surface area contributed by atoms with Crippen molar-refractivity contribution in [3.8, 4) is 28.4 Å². The van der Waals surface area contributed by atoms with Crippen molar-refractivity contribution in [2.75, 3.05) is 18.1 Å². The maximum absolute atomic E-state index is 12.8. The molecule has 0 aliphatic carbocycles. The number of hydrogen-bond donors (Lipinski definition) is 0. The van der Waals surface area contributed by atoms with Crippen molar-refractivity contribution in [1.29, 1.82) is 0 Å². The highest BCUT2D eigenvalue weighted by molar-refractivity contribution is 9.10. The average Bonchev–Trinajstić information content (AvgIpc) is 3.50. The fraction of sp³-hybridized carbons (Fsp3) is 0.105. The van der Waals surface area contributed by atoms with E-state index in [1.165, 1.54) is 29.2 Å². The number of hydrogen-bond acceptors (Lipinski definition) is 7. The number of carbonyl (C=O) groups excluding carboxylic acids is 4. The summed E-state index contributed by atoms with van der Waals surface area (Å²) in [6.07, 6.45) is -0.0197. The molecule has 1 aliphatic rings. The zero-order chi connectivity index (χ0) is 32.8. The number of benzene rings is 5. The topological polar surface area (TPSA) is 99.2 Å². The van der Waals surface area contributed by atoms with Gasteiger partial charge < -0.3 is 19.1 Å². The second-order valence-electron chi connectivity index (χ2n) is 10.8. The lowest BCUT2D eigenvalue weighted by atomic mass is 10.0. The van der Waals surface area contributed by atoms with Gasteiger partial charge in [0.25, 0.3) is 0 Å². The Morgan fingerprint density at radius 3 is 2.09 bits per heavy atom. The number of carbonyl (C=O) groups is 4. The Balaban J connectivity index is 1.00. The first-order valence-electron chi connectivity index (χ1n) is 14.8. The number of halogens is 1. The van der Waals surface area contributed by atoms with Gasteiger partial charge in [-0.05, 0) is 84.4 Å². The zero-order valence-corrected chi connectivity index (χ0v) is 26.6. The molecule has 5 aromatic rings. The Morgan fingerprint density at radius 2 is 1.36 bits per heavy atom. The minimum Gasteiger partial charge on any atom is -0.457 e. The first-order valence-corrected chi connectivity index (χ1v) is 15.6. The molecule has 6 rings (SSSR count). The Labute approximate surface area is 279 Å². The van der Waals surface area contributed by atoms with Gasteiger partial charge in [0.05, 0.1) is 11.5 Å². The molecule has 1 amide bonds. The minimum absolute atomic E-state index is 0.0197. The molecule has 0 radical (unpaired) electrons. The van der Waals surface area contributed by atoms with Crippen LogP contribution < -0.4 is 14.4 Å². The highest BCUT2D eigenvalue weighted by atomic mass is 79.9. The van der Waals surface area contributed by atoms with Crippen LogP contribution in [-0.2, 0) is 14.3 Å². The van der Waals surface area contributed by atoms with Crippen LogP contribution in [0.1, 0.15) is 27.1 Å². The third kappa shape index (κ3) is 7.65. The van der Waals surface area contributed by atoms with Crippen molar-refractivity contribution in [3.05, 3.63) is 143 Å². The fourth-order valence-corrected chi connectivity index (χ4v) is 5.41. The van der Waals surface area contributed by atoms with Crippen LogP contribution in [0.4, 0.5) is 5.69 Å². The van der Waals surface area contributed by atoms with Gasteiger partial charge in [-0.3, -0.25) is 14.4 Å². The Bertz CT molecular complexity index is 1910. The lowest BCUT2D eigenvalue weighted by molar-refractivity contribution is -0.147. The molecule has 0 unspecified atom stereocenters. The zero-order valence-electron chi connectivity index (χ0n) is 25.0. The second kappa shape index (κ2) is 14.3. The SMILES string of the molecule is O=C(COC(=O)[C@@H]1CC(=O)N(c2ccc(Oc3ccccc3-c3ccccc3)cc2)C1)c1ccc(OC(=O)c2ccc(Br)cc2)cc1. The van der Waals surface area contributed by atoms with Crippen molar-refractivity contribution in [3.63, 3.8) is 0 Å². The number of ketones is 1. The fourth-order valence-electron chi connectivity index (χ4n) is 5.15. The Hall–Kier alpha value is -5.54. The highest BCUT2D eigenvalue weighted by Gasteiger charge is 2.36. The molecule has 234 valence electrons. The molecular weight excluding hydrogens is 662 g/mol. The predicted molar refractivity (Wildman–Crippen MR) is 180 cm³/mol. The van der Waals surface area contributed by atoms with E-state index in [-0.39, 0.29) is 24.6 Å². The molecule has 1 atom stereocenters. The first-order chi connectivity index (χ1) is 22.8. The third-order valence-corrected chi connectivity index (χ3v) is 8.15. The van der Waals surface area contributed by atoms with E-state index in [0.29, 0.717) is 28.3 Å². The van der Waals surface area contributed by atoms with Crippen LogP contribution in [0.15, 0.2) is 132 Å². The molecule has 1 saturated heterocycles. The van der Waals surface area contributed by atoms with Crippen LogP contribution in [0.2, 0.25) is 0 Å². The van der Waals surface area contributed by atoms with E-state index in [0.717, 1.165) is 15.6 Å². The summed E-state index contributed by atoms with van der Waals surface area (Å²) in [6, 6.07) is 37.5. The van der Waals surface area contributed by atoms with E-state index in [1.54, 1.807) is 48.5 Å². The van der Waals surface area contributed by atoms with E-state index < -0.39 is 30.2 Å². The van der Waals surface area contributed by atoms with Gasteiger partial charge in [0, 0.05) is 34.3 Å². The van der Waals surface area contributed by atoms with E-state index in [9.17, 15) is 19.2 Å². The number of nitrogens with zero attached hydrogens (tertiary/aromatic N) is 1. The summed E-state index contributed by atoms with van der Waals surface area (Å²) < 4.78 is 17.7. The molecule has 0 spiro atoms. The molecule has 1 heterocycles. The number of Topliss-reactive ketones (excluding diaryl/α,β-unsaturated/α-hetero) is 1. The Kier molecular flexibility index (Phi) is 9.54. The van der Waals surface area contributed by atoms with Crippen molar-refractivity contribution in [2.24, 2.45) is 5.92 Å². The van der Waals surface area contributed by atoms with Gasteiger partial charge in [0.1, 0.15) is 17.2 Å². The molecule has 8 nitrogen and oxygen atoms in total. The quantitative estimate of drug-likeness (QED) is 0.0835. The van der Waals surface area contributed by atoms with E-state index in [4.69, 9.17) is 14.2 Å². The van der Waals surface area contributed by atoms with Gasteiger partial charge in [0.2, 0.25) is 5.91 Å². The van der Waals surface area contributed by atoms with Crippen molar-refractivity contribution >= 4 is 45.2 Å². The van der Waals surface area contributed by atoms with Crippen LogP contribution in [0.5, 0.6) is 17.2 Å². The normalized spacial score (nSPS) is 14.0. The lowest BCUT2D eigenvalue weighted by Gasteiger charge is -2.17. The monoisotopic (exact) mass is 689 g/mol. The van der Waals surface area contributed by atoms with Crippen LogP contribution in [0.25, 0.3) is 11.1 Å². The molecule has 47 heavy (non-hydrogen) atoms. The van der Waals surface area contributed by atoms with E-state index in [1.807, 2.05) is 54.6 Å². The van der Waals surface area contributed by atoms with Crippen molar-refractivity contribution in [2.45, 2.75) is 6.42 Å². The first kappa shape index (κ1) is 31.4. The van der Waals surface area contributed by atoms with Crippen molar-refractivity contribution < 1.29 is 33.4 Å². The summed E-state index contributed by atoms with van der Waals surface area (Å²) in [5.41, 5.74) is 3.30. The van der Waals surface area contributed by atoms with Crippen molar-refractivity contribution in [1.82, 2.24) is 0 Å². The van der Waals surface area contributed by atoms with Crippen LogP contribution in [-0.4, -0.2) is 36.8 Å². The molecule has 1 fully saturated rings. The summed E-state index contributed by atoms with van der Waals surface area (Å²) >= 11 is 3.32. The molecule has 9 heteroatoms. The average molecular weight is 691 g/mol. The van der Waals surface area contributed by atoms with Gasteiger partial charge >= 0.3 is 11.9 Å². The number of amides is 1. The van der Waals surface area contributed by atoms with Crippen LogP contribution >= 0.6 is 15.9 Å². The summed E-state index contributed by atoms with van der Waals surface area (Å²) in [7, 11) is 0. The lowest BCUT2D eigenvalue weighted by Crippen LogP contribution is -2.27. The van der Waals surface area contributed by atoms with Gasteiger partial charge in [-0.25, -0.2) is 4.79 Å². The van der Waals surface area contributed by atoms with E-state index in [2.05, 4.69) is 15.9 Å². The molecular formula is C38H28BrNO7. The highest BCUT2D eigenvalue weighted by Crippen LogP contribution is 2.34. The van der Waals surface area contributed by atoms with Gasteiger partial charge in [-0.1, -0.05) is 64.5 Å². The summed E-state index contributed by atoms with van der Waals surface area (Å²) in [4.78, 5) is 52.2. The predicted octanol–water partition coefficient (Wildman–Crippen LogP) is 7.91. The van der Waals surface area contributed by atoms with Crippen LogP contribution in [0.3, 0.4) is 0 Å². The van der Waals surface area contributed by atoms with Gasteiger partial charge in [-0.15, -0.1) is 0 Å². The molecule has 0 N–H and O–H groups in total.